The standard InChI is InChI=1S/C22H27N3O3S/c1-13(19(26)23-22-10-14-7-15(11-22)9-16(8-14)12-22)29-21-25-24-20(28-21)17-5-3-4-6-18(17)27-2/h3-6,13-16H,7-12H2,1-2H3,(H,23,26). The average molecular weight is 414 g/mol. The first kappa shape index (κ1) is 19.0. The molecule has 4 fully saturated rings. The van der Waals surface area contributed by atoms with Gasteiger partial charge in [0.1, 0.15) is 5.75 Å². The second kappa shape index (κ2) is 7.35. The van der Waals surface area contributed by atoms with Crippen LogP contribution in [0, 0.1) is 17.8 Å². The van der Waals surface area contributed by atoms with Crippen LogP contribution in [-0.4, -0.2) is 34.0 Å². The Balaban J connectivity index is 1.25. The minimum Gasteiger partial charge on any atom is -0.496 e. The molecule has 6 rings (SSSR count). The smallest absolute Gasteiger partial charge is 0.277 e. The van der Waals surface area contributed by atoms with Gasteiger partial charge in [-0.3, -0.25) is 4.79 Å². The number of methoxy groups -OCH3 is 1. The van der Waals surface area contributed by atoms with Crippen molar-refractivity contribution in [3.05, 3.63) is 24.3 Å². The SMILES string of the molecule is COc1ccccc1-c1nnc(SC(C)C(=O)NC23CC4CC(CC(C4)C2)C3)o1. The number of aromatic nitrogens is 2. The molecule has 1 atom stereocenters. The first-order valence-corrected chi connectivity index (χ1v) is 11.4. The van der Waals surface area contributed by atoms with Crippen LogP contribution in [0.4, 0.5) is 0 Å². The lowest BCUT2D eigenvalue weighted by molar-refractivity contribution is -0.126. The average Bonchev–Trinajstić information content (AvgIpc) is 3.14. The Labute approximate surface area is 175 Å². The fraction of sp³-hybridized carbons (Fsp3) is 0.591. The molecular formula is C22H27N3O3S. The summed E-state index contributed by atoms with van der Waals surface area (Å²) in [6.45, 7) is 1.91. The van der Waals surface area contributed by atoms with Gasteiger partial charge in [0.2, 0.25) is 5.91 Å². The molecule has 4 bridgehead atoms. The number of ether oxygens (including phenoxy) is 1. The second-order valence-corrected chi connectivity index (χ2v) is 10.3. The topological polar surface area (TPSA) is 77.2 Å². The van der Waals surface area contributed by atoms with E-state index in [2.05, 4.69) is 15.5 Å². The summed E-state index contributed by atoms with van der Waals surface area (Å²) in [5.41, 5.74) is 0.776. The normalized spacial score (nSPS) is 30.9. The van der Waals surface area contributed by atoms with Crippen molar-refractivity contribution in [2.24, 2.45) is 17.8 Å². The molecule has 1 amide bonds. The van der Waals surface area contributed by atoms with E-state index in [9.17, 15) is 4.79 Å². The van der Waals surface area contributed by atoms with Gasteiger partial charge in [0.15, 0.2) is 0 Å². The molecule has 1 aromatic heterocycles. The van der Waals surface area contributed by atoms with Crippen molar-refractivity contribution in [3.63, 3.8) is 0 Å². The molecule has 154 valence electrons. The summed E-state index contributed by atoms with van der Waals surface area (Å²) in [6, 6.07) is 7.53. The van der Waals surface area contributed by atoms with Crippen LogP contribution in [0.2, 0.25) is 0 Å². The molecule has 1 aromatic carbocycles. The van der Waals surface area contributed by atoms with Crippen molar-refractivity contribution in [2.75, 3.05) is 7.11 Å². The predicted octanol–water partition coefficient (Wildman–Crippen LogP) is 4.31. The van der Waals surface area contributed by atoms with Gasteiger partial charge in [-0.2, -0.15) is 0 Å². The molecule has 6 nitrogen and oxygen atoms in total. The maximum atomic E-state index is 13.0. The fourth-order valence-corrected chi connectivity index (χ4v) is 6.70. The number of amides is 1. The molecule has 1 N–H and O–H groups in total. The highest BCUT2D eigenvalue weighted by molar-refractivity contribution is 8.00. The van der Waals surface area contributed by atoms with Gasteiger partial charge in [-0.25, -0.2) is 0 Å². The Hall–Kier alpha value is -2.02. The number of hydrogen-bond acceptors (Lipinski definition) is 6. The highest BCUT2D eigenvalue weighted by Crippen LogP contribution is 2.55. The van der Waals surface area contributed by atoms with Crippen LogP contribution in [0.5, 0.6) is 5.75 Å². The lowest BCUT2D eigenvalue weighted by Crippen LogP contribution is -2.60. The Bertz CT molecular complexity index is 877. The van der Waals surface area contributed by atoms with Crippen molar-refractivity contribution in [1.82, 2.24) is 15.5 Å². The molecule has 0 aliphatic heterocycles. The molecule has 0 spiro atoms. The first-order valence-electron chi connectivity index (χ1n) is 10.5. The minimum atomic E-state index is -0.283. The van der Waals surface area contributed by atoms with Crippen LogP contribution < -0.4 is 10.1 Å². The van der Waals surface area contributed by atoms with E-state index in [1.165, 1.54) is 31.0 Å². The van der Waals surface area contributed by atoms with E-state index in [4.69, 9.17) is 9.15 Å². The van der Waals surface area contributed by atoms with Crippen LogP contribution in [0.3, 0.4) is 0 Å². The van der Waals surface area contributed by atoms with Gasteiger partial charge in [-0.1, -0.05) is 23.9 Å². The summed E-state index contributed by atoms with van der Waals surface area (Å²) >= 11 is 1.32. The third-order valence-corrected chi connectivity index (χ3v) is 7.75. The van der Waals surface area contributed by atoms with E-state index in [1.54, 1.807) is 7.11 Å². The molecule has 29 heavy (non-hydrogen) atoms. The van der Waals surface area contributed by atoms with E-state index in [0.29, 0.717) is 16.9 Å². The third kappa shape index (κ3) is 3.65. The van der Waals surface area contributed by atoms with Gasteiger partial charge >= 0.3 is 0 Å². The van der Waals surface area contributed by atoms with Crippen molar-refractivity contribution in [1.29, 1.82) is 0 Å². The number of benzene rings is 1. The number of hydrogen-bond donors (Lipinski definition) is 1. The van der Waals surface area contributed by atoms with Crippen LogP contribution in [0.25, 0.3) is 11.5 Å². The molecule has 4 saturated carbocycles. The largest absolute Gasteiger partial charge is 0.496 e. The summed E-state index contributed by atoms with van der Waals surface area (Å²) in [6.07, 6.45) is 7.56. The zero-order valence-corrected chi connectivity index (χ0v) is 17.7. The lowest BCUT2D eigenvalue weighted by atomic mass is 9.53. The van der Waals surface area contributed by atoms with Crippen LogP contribution >= 0.6 is 11.8 Å². The molecule has 4 aliphatic carbocycles. The Morgan fingerprint density at radius 3 is 2.48 bits per heavy atom. The minimum absolute atomic E-state index is 0.0259. The van der Waals surface area contributed by atoms with Gasteiger partial charge in [0.05, 0.1) is 17.9 Å². The number of carbonyl (C=O) groups excluding carboxylic acids is 1. The van der Waals surface area contributed by atoms with Crippen LogP contribution in [0.15, 0.2) is 33.9 Å². The van der Waals surface area contributed by atoms with E-state index in [-0.39, 0.29) is 16.7 Å². The maximum absolute atomic E-state index is 13.0. The second-order valence-electron chi connectivity index (χ2n) is 9.02. The van der Waals surface area contributed by atoms with Gasteiger partial charge in [-0.05, 0) is 75.3 Å². The maximum Gasteiger partial charge on any atom is 0.277 e. The Kier molecular flexibility index (Phi) is 4.81. The molecule has 7 heteroatoms. The van der Waals surface area contributed by atoms with E-state index in [1.807, 2.05) is 31.2 Å². The number of nitrogens with zero attached hydrogens (tertiary/aromatic N) is 2. The van der Waals surface area contributed by atoms with Gasteiger partial charge < -0.3 is 14.5 Å². The van der Waals surface area contributed by atoms with Gasteiger partial charge in [0, 0.05) is 5.54 Å². The highest BCUT2D eigenvalue weighted by Gasteiger charge is 2.51. The van der Waals surface area contributed by atoms with Crippen molar-refractivity contribution in [2.45, 2.75) is 61.5 Å². The Morgan fingerprint density at radius 2 is 1.83 bits per heavy atom. The summed E-state index contributed by atoms with van der Waals surface area (Å²) in [4.78, 5) is 13.0. The van der Waals surface area contributed by atoms with E-state index < -0.39 is 0 Å². The van der Waals surface area contributed by atoms with Gasteiger partial charge in [0.25, 0.3) is 11.1 Å². The van der Waals surface area contributed by atoms with E-state index in [0.717, 1.165) is 42.6 Å². The summed E-state index contributed by atoms with van der Waals surface area (Å²) in [5, 5.41) is 11.8. The highest BCUT2D eigenvalue weighted by atomic mass is 32.2. The summed E-state index contributed by atoms with van der Waals surface area (Å²) < 4.78 is 11.2. The number of para-hydroxylation sites is 1. The molecule has 0 saturated heterocycles. The molecule has 1 unspecified atom stereocenters. The molecule has 1 heterocycles. The van der Waals surface area contributed by atoms with Crippen molar-refractivity contribution in [3.8, 4) is 17.2 Å². The van der Waals surface area contributed by atoms with Gasteiger partial charge in [-0.15, -0.1) is 10.2 Å². The molecule has 0 radical (unpaired) electrons. The number of nitrogens with one attached hydrogen (secondary N) is 1. The lowest BCUT2D eigenvalue weighted by Gasteiger charge is -2.57. The first-order chi connectivity index (χ1) is 14.0. The molecule has 2 aromatic rings. The van der Waals surface area contributed by atoms with E-state index >= 15 is 0 Å². The quantitative estimate of drug-likeness (QED) is 0.711. The number of thioether (sulfide) groups is 1. The summed E-state index contributed by atoms with van der Waals surface area (Å²) in [7, 11) is 1.61. The molecule has 4 aliphatic rings. The Morgan fingerprint density at radius 1 is 1.17 bits per heavy atom. The van der Waals surface area contributed by atoms with Crippen LogP contribution in [-0.2, 0) is 4.79 Å². The zero-order chi connectivity index (χ0) is 20.0. The zero-order valence-electron chi connectivity index (χ0n) is 16.9. The summed E-state index contributed by atoms with van der Waals surface area (Å²) in [5.74, 6) is 3.59. The number of rotatable bonds is 6. The van der Waals surface area contributed by atoms with Crippen molar-refractivity contribution < 1.29 is 13.9 Å². The predicted molar refractivity (Wildman–Crippen MR) is 111 cm³/mol. The van der Waals surface area contributed by atoms with Crippen LogP contribution in [0.1, 0.15) is 45.4 Å². The fourth-order valence-electron chi connectivity index (χ4n) is 6.02. The van der Waals surface area contributed by atoms with Crippen molar-refractivity contribution >= 4 is 17.7 Å². The monoisotopic (exact) mass is 413 g/mol. The number of carbonyl (C=O) groups is 1. The third-order valence-electron chi connectivity index (χ3n) is 6.82. The molecular weight excluding hydrogens is 386 g/mol.